The van der Waals surface area contributed by atoms with Gasteiger partial charge in [-0.1, -0.05) is 24.3 Å². The molecule has 0 saturated carbocycles. The van der Waals surface area contributed by atoms with E-state index in [-0.39, 0.29) is 13.1 Å². The van der Waals surface area contributed by atoms with E-state index in [1.54, 1.807) is 12.1 Å². The summed E-state index contributed by atoms with van der Waals surface area (Å²) in [7, 11) is 0. The average Bonchev–Trinajstić information content (AvgIpc) is 2.28. The van der Waals surface area contributed by atoms with Crippen LogP contribution in [0.15, 0.2) is 24.3 Å². The van der Waals surface area contributed by atoms with Gasteiger partial charge >= 0.3 is 6.18 Å². The van der Waals surface area contributed by atoms with Crippen molar-refractivity contribution in [1.29, 1.82) is 0 Å². The molecule has 19 heavy (non-hydrogen) atoms. The number of carbonyl (C=O) groups excluding carboxylic acids is 1. The Morgan fingerprint density at radius 1 is 1.37 bits per heavy atom. The Morgan fingerprint density at radius 2 is 2.05 bits per heavy atom. The minimum absolute atomic E-state index is 0.0240. The Kier molecular flexibility index (Phi) is 3.80. The Hall–Kier alpha value is -1.56. The monoisotopic (exact) mass is 272 g/mol. The van der Waals surface area contributed by atoms with Crippen LogP contribution < -0.4 is 5.73 Å². The number of hydrogen-bond acceptors (Lipinski definition) is 2. The molecule has 1 aromatic carbocycles. The topological polar surface area (TPSA) is 46.3 Å². The fourth-order valence-electron chi connectivity index (χ4n) is 2.34. The van der Waals surface area contributed by atoms with Gasteiger partial charge in [-0.15, -0.1) is 0 Å². The highest BCUT2D eigenvalue weighted by atomic mass is 19.4. The van der Waals surface area contributed by atoms with Crippen LogP contribution in [0, 0.1) is 0 Å². The predicted octanol–water partition coefficient (Wildman–Crippen LogP) is 1.68. The van der Waals surface area contributed by atoms with Crippen LogP contribution in [0.5, 0.6) is 0 Å². The summed E-state index contributed by atoms with van der Waals surface area (Å²) in [5, 5.41) is 0. The van der Waals surface area contributed by atoms with E-state index in [1.165, 1.54) is 0 Å². The van der Waals surface area contributed by atoms with E-state index >= 15 is 0 Å². The highest BCUT2D eigenvalue weighted by Gasteiger charge is 2.39. The number of halogens is 3. The second-order valence-corrected chi connectivity index (χ2v) is 4.62. The number of hydrogen-bond donors (Lipinski definition) is 1. The molecule has 1 unspecified atom stereocenters. The second-order valence-electron chi connectivity index (χ2n) is 4.62. The lowest BCUT2D eigenvalue weighted by Crippen LogP contribution is -2.46. The Labute approximate surface area is 109 Å². The van der Waals surface area contributed by atoms with Crippen molar-refractivity contribution in [3.63, 3.8) is 0 Å². The zero-order chi connectivity index (χ0) is 14.0. The molecule has 0 saturated heterocycles. The molecule has 1 atom stereocenters. The van der Waals surface area contributed by atoms with Crippen LogP contribution >= 0.6 is 0 Å². The first-order valence-corrected chi connectivity index (χ1v) is 6.06. The van der Waals surface area contributed by atoms with Gasteiger partial charge in [0.15, 0.2) is 0 Å². The van der Waals surface area contributed by atoms with Crippen LogP contribution in [0.25, 0.3) is 0 Å². The summed E-state index contributed by atoms with van der Waals surface area (Å²) in [4.78, 5) is 12.9. The van der Waals surface area contributed by atoms with Crippen molar-refractivity contribution in [1.82, 2.24) is 4.90 Å². The summed E-state index contributed by atoms with van der Waals surface area (Å²) < 4.78 is 37.3. The number of alkyl halides is 3. The summed E-state index contributed by atoms with van der Waals surface area (Å²) in [6, 6.07) is 7.31. The molecule has 104 valence electrons. The molecular formula is C13H15F3N2O. The third kappa shape index (κ3) is 3.07. The fraction of sp³-hybridized carbons (Fsp3) is 0.462. The van der Waals surface area contributed by atoms with Crippen LogP contribution in [0.1, 0.15) is 17.0 Å². The van der Waals surface area contributed by atoms with Crippen LogP contribution in [0.4, 0.5) is 13.2 Å². The smallest absolute Gasteiger partial charge is 0.332 e. The molecule has 0 fully saturated rings. The van der Waals surface area contributed by atoms with Crippen molar-refractivity contribution in [2.45, 2.75) is 18.5 Å². The highest BCUT2D eigenvalue weighted by molar-refractivity contribution is 5.87. The first-order chi connectivity index (χ1) is 8.92. The molecule has 1 aliphatic carbocycles. The third-order valence-electron chi connectivity index (χ3n) is 3.23. The largest absolute Gasteiger partial charge is 0.406 e. The van der Waals surface area contributed by atoms with Crippen LogP contribution in [-0.2, 0) is 11.2 Å². The quantitative estimate of drug-likeness (QED) is 0.906. The molecule has 2 rings (SSSR count). The number of rotatable bonds is 4. The second kappa shape index (κ2) is 5.21. The summed E-state index contributed by atoms with van der Waals surface area (Å²) in [5.74, 6) is -0.938. The van der Waals surface area contributed by atoms with Gasteiger partial charge in [-0.25, -0.2) is 0 Å². The molecule has 0 radical (unpaired) electrons. The number of nitrogens with zero attached hydrogens (tertiary/aromatic N) is 1. The molecule has 3 nitrogen and oxygen atoms in total. The Balaban J connectivity index is 2.09. The molecule has 0 bridgehead atoms. The molecule has 0 heterocycles. The molecule has 2 N–H and O–H groups in total. The van der Waals surface area contributed by atoms with Crippen molar-refractivity contribution in [3.8, 4) is 0 Å². The lowest BCUT2D eigenvalue weighted by molar-refractivity contribution is -0.162. The lowest BCUT2D eigenvalue weighted by Gasteiger charge is -2.34. The van der Waals surface area contributed by atoms with E-state index in [1.807, 2.05) is 12.1 Å². The standard InChI is InChI=1S/C13H15F3N2O/c14-13(15,16)8-18(6-5-17)12(19)11-7-9-3-1-2-4-10(9)11/h1-4,11H,5-8,17H2. The molecule has 1 amide bonds. The molecule has 0 aromatic heterocycles. The van der Waals surface area contributed by atoms with Gasteiger partial charge < -0.3 is 10.6 Å². The average molecular weight is 272 g/mol. The van der Waals surface area contributed by atoms with E-state index in [4.69, 9.17) is 5.73 Å². The van der Waals surface area contributed by atoms with Gasteiger partial charge in [-0.3, -0.25) is 4.79 Å². The van der Waals surface area contributed by atoms with Gasteiger partial charge in [0.05, 0.1) is 5.92 Å². The summed E-state index contributed by atoms with van der Waals surface area (Å²) in [5.41, 5.74) is 7.14. The van der Waals surface area contributed by atoms with E-state index in [0.29, 0.717) is 6.42 Å². The van der Waals surface area contributed by atoms with Gasteiger partial charge in [-0.05, 0) is 17.5 Å². The number of fused-ring (bicyclic) bond motifs is 1. The highest BCUT2D eigenvalue weighted by Crippen LogP contribution is 2.36. The normalized spacial score (nSPS) is 17.6. The number of benzene rings is 1. The van der Waals surface area contributed by atoms with Crippen LogP contribution in [-0.4, -0.2) is 36.6 Å². The molecule has 6 heteroatoms. The molecule has 0 spiro atoms. The van der Waals surface area contributed by atoms with Crippen molar-refractivity contribution in [2.24, 2.45) is 5.73 Å². The fourth-order valence-corrected chi connectivity index (χ4v) is 2.34. The van der Waals surface area contributed by atoms with Crippen LogP contribution in [0.2, 0.25) is 0 Å². The van der Waals surface area contributed by atoms with Gasteiger partial charge in [0, 0.05) is 13.1 Å². The van der Waals surface area contributed by atoms with E-state index in [9.17, 15) is 18.0 Å². The predicted molar refractivity (Wildman–Crippen MR) is 64.6 cm³/mol. The van der Waals surface area contributed by atoms with Crippen LogP contribution in [0.3, 0.4) is 0 Å². The molecule has 1 aliphatic rings. The number of amides is 1. The maximum absolute atomic E-state index is 12.4. The number of carbonyl (C=O) groups is 1. The minimum atomic E-state index is -4.39. The first-order valence-electron chi connectivity index (χ1n) is 6.06. The summed E-state index contributed by atoms with van der Waals surface area (Å²) in [6.07, 6.45) is -3.89. The third-order valence-corrected chi connectivity index (χ3v) is 3.23. The first kappa shape index (κ1) is 13.9. The SMILES string of the molecule is NCCN(CC(F)(F)F)C(=O)C1Cc2ccccc21. The molecule has 1 aromatic rings. The van der Waals surface area contributed by atoms with Crippen molar-refractivity contribution in [2.75, 3.05) is 19.6 Å². The zero-order valence-corrected chi connectivity index (χ0v) is 10.3. The van der Waals surface area contributed by atoms with Crippen molar-refractivity contribution in [3.05, 3.63) is 35.4 Å². The molecular weight excluding hydrogens is 257 g/mol. The zero-order valence-electron chi connectivity index (χ0n) is 10.3. The minimum Gasteiger partial charge on any atom is -0.332 e. The van der Waals surface area contributed by atoms with Gasteiger partial charge in [0.2, 0.25) is 5.91 Å². The van der Waals surface area contributed by atoms with E-state index < -0.39 is 24.5 Å². The van der Waals surface area contributed by atoms with E-state index in [2.05, 4.69) is 0 Å². The maximum Gasteiger partial charge on any atom is 0.406 e. The summed E-state index contributed by atoms with van der Waals surface area (Å²) >= 11 is 0. The Bertz CT molecular complexity index is 473. The summed E-state index contributed by atoms with van der Waals surface area (Å²) in [6.45, 7) is -1.28. The Morgan fingerprint density at radius 3 is 2.63 bits per heavy atom. The van der Waals surface area contributed by atoms with Crippen molar-refractivity contribution >= 4 is 5.91 Å². The van der Waals surface area contributed by atoms with E-state index in [0.717, 1.165) is 16.0 Å². The van der Waals surface area contributed by atoms with Crippen molar-refractivity contribution < 1.29 is 18.0 Å². The van der Waals surface area contributed by atoms with Gasteiger partial charge in [-0.2, -0.15) is 13.2 Å². The molecule has 0 aliphatic heterocycles. The maximum atomic E-state index is 12.4. The van der Waals surface area contributed by atoms with Gasteiger partial charge in [0.1, 0.15) is 6.54 Å². The number of nitrogens with two attached hydrogens (primary N) is 1. The van der Waals surface area contributed by atoms with Gasteiger partial charge in [0.25, 0.3) is 0 Å². The lowest BCUT2D eigenvalue weighted by atomic mass is 9.77.